The molecule has 1 aromatic heterocycles. The Labute approximate surface area is 139 Å². The van der Waals surface area contributed by atoms with Gasteiger partial charge >= 0.3 is 5.97 Å². The highest BCUT2D eigenvalue weighted by Crippen LogP contribution is 2.30. The van der Waals surface area contributed by atoms with Crippen molar-refractivity contribution in [1.82, 2.24) is 4.98 Å². The molecule has 2 aromatic rings. The molecule has 0 bridgehead atoms. The van der Waals surface area contributed by atoms with E-state index in [9.17, 15) is 9.59 Å². The maximum atomic E-state index is 12.1. The van der Waals surface area contributed by atoms with Crippen molar-refractivity contribution in [2.45, 2.75) is 19.4 Å². The monoisotopic (exact) mass is 326 g/mol. The number of rotatable bonds is 6. The number of benzene rings is 1. The summed E-state index contributed by atoms with van der Waals surface area (Å²) in [6.45, 7) is 0.0657. The van der Waals surface area contributed by atoms with E-state index < -0.39 is 5.97 Å². The Morgan fingerprint density at radius 3 is 2.58 bits per heavy atom. The summed E-state index contributed by atoms with van der Waals surface area (Å²) in [6, 6.07) is 11.9. The fraction of sp³-hybridized carbons (Fsp3) is 0.278. The molecule has 1 amide bonds. The number of aromatic nitrogens is 1. The van der Waals surface area contributed by atoms with Gasteiger partial charge in [0.15, 0.2) is 0 Å². The van der Waals surface area contributed by atoms with E-state index >= 15 is 0 Å². The molecule has 124 valence electrons. The smallest absolute Gasteiger partial charge is 0.338 e. The molecule has 1 N–H and O–H groups in total. The third-order valence-electron chi connectivity index (χ3n) is 3.68. The van der Waals surface area contributed by atoms with Crippen LogP contribution >= 0.6 is 0 Å². The molecule has 24 heavy (non-hydrogen) atoms. The van der Waals surface area contributed by atoms with Gasteiger partial charge in [-0.25, -0.2) is 9.78 Å². The van der Waals surface area contributed by atoms with Crippen molar-refractivity contribution in [3.8, 4) is 5.88 Å². The number of esters is 1. The lowest BCUT2D eigenvalue weighted by Gasteiger charge is -2.07. The van der Waals surface area contributed by atoms with Gasteiger partial charge in [0.1, 0.15) is 6.61 Å². The Kier molecular flexibility index (Phi) is 4.74. The third-order valence-corrected chi connectivity index (χ3v) is 3.68. The van der Waals surface area contributed by atoms with Crippen molar-refractivity contribution in [1.29, 1.82) is 0 Å². The van der Waals surface area contributed by atoms with Gasteiger partial charge < -0.3 is 14.8 Å². The number of anilines is 1. The lowest BCUT2D eigenvalue weighted by molar-refractivity contribution is -0.117. The number of carbonyl (C=O) groups excluding carboxylic acids is 2. The van der Waals surface area contributed by atoms with Crippen LogP contribution in [0, 0.1) is 5.92 Å². The van der Waals surface area contributed by atoms with Gasteiger partial charge in [0.05, 0.1) is 18.4 Å². The third kappa shape index (κ3) is 4.10. The molecule has 1 aliphatic carbocycles. The Morgan fingerprint density at radius 2 is 1.92 bits per heavy atom. The summed E-state index contributed by atoms with van der Waals surface area (Å²) in [6.07, 6.45) is 1.91. The van der Waals surface area contributed by atoms with Crippen molar-refractivity contribution in [2.24, 2.45) is 5.92 Å². The van der Waals surface area contributed by atoms with Gasteiger partial charge in [0, 0.05) is 17.7 Å². The van der Waals surface area contributed by atoms with Gasteiger partial charge in [-0.1, -0.05) is 6.07 Å². The van der Waals surface area contributed by atoms with Gasteiger partial charge in [0.25, 0.3) is 0 Å². The number of hydrogen-bond acceptors (Lipinski definition) is 5. The number of hydrogen-bond donors (Lipinski definition) is 1. The lowest BCUT2D eigenvalue weighted by Crippen LogP contribution is -2.13. The van der Waals surface area contributed by atoms with Crippen molar-refractivity contribution >= 4 is 17.6 Å². The summed E-state index contributed by atoms with van der Waals surface area (Å²) in [5.74, 6) is 0.207. The highest BCUT2D eigenvalue weighted by molar-refractivity contribution is 5.95. The molecule has 0 unspecified atom stereocenters. The zero-order valence-corrected chi connectivity index (χ0v) is 13.3. The second kappa shape index (κ2) is 7.12. The molecule has 0 radical (unpaired) electrons. The molecule has 1 aromatic carbocycles. The maximum Gasteiger partial charge on any atom is 0.338 e. The van der Waals surface area contributed by atoms with E-state index in [2.05, 4.69) is 10.3 Å². The van der Waals surface area contributed by atoms with Crippen LogP contribution in [0.5, 0.6) is 5.88 Å². The molecular weight excluding hydrogens is 308 g/mol. The summed E-state index contributed by atoms with van der Waals surface area (Å²) < 4.78 is 10.3. The summed E-state index contributed by atoms with van der Waals surface area (Å²) in [4.78, 5) is 27.9. The Morgan fingerprint density at radius 1 is 1.17 bits per heavy atom. The second-order valence-corrected chi connectivity index (χ2v) is 5.59. The fourth-order valence-corrected chi connectivity index (χ4v) is 2.15. The van der Waals surface area contributed by atoms with Crippen LogP contribution in [0.1, 0.15) is 28.9 Å². The SMILES string of the molecule is COc1cccc(COC(=O)c2ccc(NC(=O)C3CC3)cc2)n1. The zero-order valence-electron chi connectivity index (χ0n) is 13.3. The van der Waals surface area contributed by atoms with Crippen LogP contribution in [0.15, 0.2) is 42.5 Å². The molecule has 6 heteroatoms. The van der Waals surface area contributed by atoms with E-state index in [4.69, 9.17) is 9.47 Å². The van der Waals surface area contributed by atoms with Crippen LogP contribution in [0.3, 0.4) is 0 Å². The molecule has 3 rings (SSSR count). The van der Waals surface area contributed by atoms with E-state index in [1.54, 1.807) is 42.5 Å². The number of amides is 1. The highest BCUT2D eigenvalue weighted by Gasteiger charge is 2.29. The zero-order chi connectivity index (χ0) is 16.9. The van der Waals surface area contributed by atoms with Gasteiger partial charge in [0.2, 0.25) is 11.8 Å². The molecule has 1 aliphatic rings. The van der Waals surface area contributed by atoms with Gasteiger partial charge in [-0.3, -0.25) is 4.79 Å². The normalized spacial score (nSPS) is 13.2. The number of nitrogens with zero attached hydrogens (tertiary/aromatic N) is 1. The number of ether oxygens (including phenoxy) is 2. The van der Waals surface area contributed by atoms with Crippen molar-refractivity contribution in [3.63, 3.8) is 0 Å². The lowest BCUT2D eigenvalue weighted by atomic mass is 10.2. The molecule has 1 fully saturated rings. The molecular formula is C18H18N2O4. The molecule has 0 saturated heterocycles. The average molecular weight is 326 g/mol. The number of carbonyl (C=O) groups is 2. The quantitative estimate of drug-likeness (QED) is 0.826. The Balaban J connectivity index is 1.55. The average Bonchev–Trinajstić information content (AvgIpc) is 3.45. The van der Waals surface area contributed by atoms with E-state index in [0.717, 1.165) is 12.8 Å². The minimum Gasteiger partial charge on any atom is -0.481 e. The van der Waals surface area contributed by atoms with Crippen LogP contribution in [0.4, 0.5) is 5.69 Å². The first-order valence-electron chi connectivity index (χ1n) is 7.73. The van der Waals surface area contributed by atoms with Crippen LogP contribution in [0.2, 0.25) is 0 Å². The Bertz CT molecular complexity index is 739. The molecule has 6 nitrogen and oxygen atoms in total. The first-order chi connectivity index (χ1) is 11.7. The van der Waals surface area contributed by atoms with Crippen molar-refractivity contribution < 1.29 is 19.1 Å². The second-order valence-electron chi connectivity index (χ2n) is 5.59. The van der Waals surface area contributed by atoms with Gasteiger partial charge in [-0.05, 0) is 43.2 Å². The molecule has 0 atom stereocenters. The van der Waals surface area contributed by atoms with Crippen LogP contribution in [0.25, 0.3) is 0 Å². The molecule has 0 aliphatic heterocycles. The molecule has 0 spiro atoms. The molecule has 1 heterocycles. The number of methoxy groups -OCH3 is 1. The minimum atomic E-state index is -0.445. The van der Waals surface area contributed by atoms with E-state index in [1.807, 2.05) is 0 Å². The standard InChI is InChI=1S/C18H18N2O4/c1-23-16-4-2-3-15(19-16)11-24-18(22)13-7-9-14(10-8-13)20-17(21)12-5-6-12/h2-4,7-10,12H,5-6,11H2,1H3,(H,20,21). The van der Waals surface area contributed by atoms with Crippen LogP contribution < -0.4 is 10.1 Å². The van der Waals surface area contributed by atoms with E-state index in [1.165, 1.54) is 7.11 Å². The van der Waals surface area contributed by atoms with Crippen LogP contribution in [-0.2, 0) is 16.1 Å². The summed E-state index contributed by atoms with van der Waals surface area (Å²) in [5.41, 5.74) is 1.70. The summed E-state index contributed by atoms with van der Waals surface area (Å²) in [5, 5.41) is 2.83. The Hall–Kier alpha value is -2.89. The van der Waals surface area contributed by atoms with Gasteiger partial charge in [-0.15, -0.1) is 0 Å². The highest BCUT2D eigenvalue weighted by atomic mass is 16.5. The van der Waals surface area contributed by atoms with Crippen molar-refractivity contribution in [2.75, 3.05) is 12.4 Å². The van der Waals surface area contributed by atoms with Crippen LogP contribution in [-0.4, -0.2) is 24.0 Å². The topological polar surface area (TPSA) is 77.5 Å². The predicted molar refractivity (Wildman–Crippen MR) is 87.7 cm³/mol. The summed E-state index contributed by atoms with van der Waals surface area (Å²) >= 11 is 0. The van der Waals surface area contributed by atoms with E-state index in [-0.39, 0.29) is 18.4 Å². The number of pyridine rings is 1. The first-order valence-corrected chi connectivity index (χ1v) is 7.73. The largest absolute Gasteiger partial charge is 0.481 e. The number of nitrogens with one attached hydrogen (secondary N) is 1. The first kappa shape index (κ1) is 16.0. The predicted octanol–water partition coefficient (Wildman–Crippen LogP) is 2.80. The van der Waals surface area contributed by atoms with Gasteiger partial charge in [-0.2, -0.15) is 0 Å². The molecule has 1 saturated carbocycles. The van der Waals surface area contributed by atoms with E-state index in [0.29, 0.717) is 22.8 Å². The maximum absolute atomic E-state index is 12.1. The van der Waals surface area contributed by atoms with Crippen molar-refractivity contribution in [3.05, 3.63) is 53.7 Å². The fourth-order valence-electron chi connectivity index (χ4n) is 2.15. The minimum absolute atomic E-state index is 0.0365. The summed E-state index contributed by atoms with van der Waals surface area (Å²) in [7, 11) is 1.53.